The summed E-state index contributed by atoms with van der Waals surface area (Å²) in [6, 6.07) is 0. The Hall–Kier alpha value is 0.220. The predicted molar refractivity (Wildman–Crippen MR) is 61.6 cm³/mol. The Morgan fingerprint density at radius 3 is 1.94 bits per heavy atom. The molecule has 1 aliphatic rings. The molecule has 1 rings (SSSR count). The summed E-state index contributed by atoms with van der Waals surface area (Å²) in [5.74, 6) is 0.0324. The maximum atomic E-state index is 12.0. The Morgan fingerprint density at radius 1 is 1.00 bits per heavy atom. The van der Waals surface area contributed by atoms with E-state index >= 15 is 0 Å². The van der Waals surface area contributed by atoms with Crippen LogP contribution in [0.3, 0.4) is 0 Å². The van der Waals surface area contributed by atoms with Crippen molar-refractivity contribution in [1.29, 1.82) is 0 Å². The molecule has 0 heterocycles. The van der Waals surface area contributed by atoms with Gasteiger partial charge in [0.25, 0.3) is 0 Å². The number of allylic oxidation sites excluding steroid dienone is 1. The van der Waals surface area contributed by atoms with Gasteiger partial charge in [-0.25, -0.2) is 0 Å². The average Bonchev–Trinajstić information content (AvgIpc) is 2.13. The van der Waals surface area contributed by atoms with Crippen molar-refractivity contribution in [2.24, 2.45) is 5.92 Å². The number of hydrogen-bond acceptors (Lipinski definition) is 0. The largest absolute Gasteiger partial charge is 0.304 e. The van der Waals surface area contributed by atoms with Crippen LogP contribution in [0.5, 0.6) is 0 Å². The van der Waals surface area contributed by atoms with Gasteiger partial charge in [-0.2, -0.15) is 0 Å². The van der Waals surface area contributed by atoms with Crippen LogP contribution in [0.15, 0.2) is 11.5 Å². The Bertz CT molecular complexity index is 276. The average molecular weight is 329 g/mol. The Morgan fingerprint density at radius 2 is 1.50 bits per heavy atom. The summed E-state index contributed by atoms with van der Waals surface area (Å²) in [4.78, 5) is -0.614. The van der Waals surface area contributed by atoms with Gasteiger partial charge in [0, 0.05) is 4.83 Å². The van der Waals surface area contributed by atoms with Crippen molar-refractivity contribution in [2.75, 3.05) is 0 Å². The minimum absolute atomic E-state index is 0.0324. The highest BCUT2D eigenvalue weighted by Gasteiger charge is 2.60. The molecule has 0 aromatic heterocycles. The molecule has 7 heteroatoms. The fourth-order valence-electron chi connectivity index (χ4n) is 1.83. The molecule has 0 radical (unpaired) electrons. The zero-order chi connectivity index (χ0) is 12.5. The number of alkyl halides is 1. The smallest absolute Gasteiger partial charge is 0.0942 e. The highest BCUT2D eigenvalue weighted by molar-refractivity contribution is 9.09. The highest BCUT2D eigenvalue weighted by Crippen LogP contribution is 2.99. The van der Waals surface area contributed by atoms with Crippen molar-refractivity contribution in [3.8, 4) is 0 Å². The van der Waals surface area contributed by atoms with Crippen LogP contribution in [0.4, 0.5) is 19.4 Å². The van der Waals surface area contributed by atoms with E-state index in [0.717, 1.165) is 32.1 Å². The first-order valence-corrected chi connectivity index (χ1v) is 7.97. The summed E-state index contributed by atoms with van der Waals surface area (Å²) in [6.07, 6.45) is 5.12. The topological polar surface area (TPSA) is 0 Å². The molecule has 0 aromatic carbocycles. The third kappa shape index (κ3) is 6.08. The Kier molecular flexibility index (Phi) is 3.45. The van der Waals surface area contributed by atoms with Crippen LogP contribution < -0.4 is 0 Å². The predicted octanol–water partition coefficient (Wildman–Crippen LogP) is 6.14. The second-order valence-corrected chi connectivity index (χ2v) is 7.59. The van der Waals surface area contributed by atoms with Crippen LogP contribution in [0.2, 0.25) is 0 Å². The maximum Gasteiger partial charge on any atom is 0.304 e. The van der Waals surface area contributed by atoms with Crippen LogP contribution in [0, 0.1) is 5.92 Å². The van der Waals surface area contributed by atoms with Gasteiger partial charge in [-0.15, -0.1) is 0 Å². The van der Waals surface area contributed by atoms with Gasteiger partial charge in [0.1, 0.15) is 0 Å². The van der Waals surface area contributed by atoms with Gasteiger partial charge in [-0.05, 0) is 18.8 Å². The fourth-order valence-corrected chi connectivity index (χ4v) is 3.18. The first kappa shape index (κ1) is 14.3. The van der Waals surface area contributed by atoms with E-state index in [4.69, 9.17) is 0 Å². The summed E-state index contributed by atoms with van der Waals surface area (Å²) < 4.78 is 60.2. The van der Waals surface area contributed by atoms with E-state index in [-0.39, 0.29) is 5.92 Å². The molecule has 1 atom stereocenters. The lowest BCUT2D eigenvalue weighted by Crippen LogP contribution is -2.16. The van der Waals surface area contributed by atoms with E-state index in [1.165, 1.54) is 0 Å². The molecule has 0 aromatic rings. The van der Waals surface area contributed by atoms with Crippen LogP contribution in [-0.4, -0.2) is 4.83 Å². The van der Waals surface area contributed by atoms with E-state index in [0.29, 0.717) is 6.08 Å². The van der Waals surface area contributed by atoms with Crippen molar-refractivity contribution < 1.29 is 19.4 Å². The minimum atomic E-state index is -9.39. The third-order valence-corrected chi connectivity index (χ3v) is 4.34. The van der Waals surface area contributed by atoms with Gasteiger partial charge in [0.05, 0.1) is 5.41 Å². The lowest BCUT2D eigenvalue weighted by Gasteiger charge is -2.37. The van der Waals surface area contributed by atoms with Crippen LogP contribution >= 0.6 is 26.2 Å². The summed E-state index contributed by atoms with van der Waals surface area (Å²) in [5.41, 5.74) is 0. The highest BCUT2D eigenvalue weighted by atomic mass is 79.9. The van der Waals surface area contributed by atoms with E-state index in [9.17, 15) is 19.4 Å². The molecule has 0 nitrogen and oxygen atoms in total. The molecule has 0 bridgehead atoms. The molecule has 0 saturated heterocycles. The van der Waals surface area contributed by atoms with Crippen LogP contribution in [0.25, 0.3) is 0 Å². The van der Waals surface area contributed by atoms with Gasteiger partial charge < -0.3 is 0 Å². The molecule has 1 saturated carbocycles. The lowest BCUT2D eigenvalue weighted by molar-refractivity contribution is 0.368. The van der Waals surface area contributed by atoms with Crippen molar-refractivity contribution in [3.05, 3.63) is 11.5 Å². The molecular formula is C9H14BrF5S. The first-order valence-electron chi connectivity index (χ1n) is 5.04. The van der Waals surface area contributed by atoms with E-state index in [1.807, 2.05) is 0 Å². The summed E-state index contributed by atoms with van der Waals surface area (Å²) in [6.45, 7) is 0. The first-order chi connectivity index (χ1) is 6.97. The summed E-state index contributed by atoms with van der Waals surface area (Å²) >= 11 is 3.04. The van der Waals surface area contributed by atoms with Gasteiger partial charge in [-0.3, -0.25) is 0 Å². The monoisotopic (exact) mass is 328 g/mol. The molecule has 0 N–H and O–H groups in total. The van der Waals surface area contributed by atoms with E-state index < -0.39 is 20.5 Å². The Labute approximate surface area is 100 Å². The van der Waals surface area contributed by atoms with Crippen molar-refractivity contribution in [3.63, 3.8) is 0 Å². The van der Waals surface area contributed by atoms with E-state index in [1.54, 1.807) is 0 Å². The molecule has 1 unspecified atom stereocenters. The number of hydrogen-bond donors (Lipinski definition) is 0. The molecule has 0 amide bonds. The third-order valence-electron chi connectivity index (χ3n) is 2.62. The molecule has 0 spiro atoms. The van der Waals surface area contributed by atoms with Gasteiger partial charge in [-0.1, -0.05) is 60.7 Å². The Balaban J connectivity index is 2.64. The normalized spacial score (nSPS) is 26.4. The summed E-state index contributed by atoms with van der Waals surface area (Å²) in [7, 11) is -9.39. The molecule has 0 aliphatic heterocycles. The van der Waals surface area contributed by atoms with Gasteiger partial charge in [0.2, 0.25) is 0 Å². The van der Waals surface area contributed by atoms with E-state index in [2.05, 4.69) is 15.9 Å². The van der Waals surface area contributed by atoms with Crippen LogP contribution in [-0.2, 0) is 0 Å². The van der Waals surface area contributed by atoms with Crippen LogP contribution in [0.1, 0.15) is 32.1 Å². The fraction of sp³-hybridized carbons (Fsp3) is 0.778. The molecule has 98 valence electrons. The molecular weight excluding hydrogens is 315 g/mol. The zero-order valence-electron chi connectivity index (χ0n) is 8.52. The zero-order valence-corrected chi connectivity index (χ0v) is 10.9. The number of rotatable bonds is 3. The maximum absolute atomic E-state index is 12.0. The van der Waals surface area contributed by atoms with Gasteiger partial charge in [0.15, 0.2) is 0 Å². The standard InChI is InChI=1S/C9H14BrF5S/c10-9(8-4-2-1-3-5-8)6-7-16(11,12,13,14)15/h6-9H,1-5H2/b7-6+. The lowest BCUT2D eigenvalue weighted by atomic mass is 9.87. The summed E-state index contributed by atoms with van der Waals surface area (Å²) in [5, 5.41) is -0.839. The molecule has 16 heavy (non-hydrogen) atoms. The quantitative estimate of drug-likeness (QED) is 0.431. The van der Waals surface area contributed by atoms with Crippen molar-refractivity contribution >= 4 is 26.2 Å². The van der Waals surface area contributed by atoms with Gasteiger partial charge >= 0.3 is 10.2 Å². The molecule has 1 fully saturated rings. The second kappa shape index (κ2) is 3.86. The molecule has 1 aliphatic carbocycles. The van der Waals surface area contributed by atoms with Crippen molar-refractivity contribution in [2.45, 2.75) is 36.9 Å². The minimum Gasteiger partial charge on any atom is -0.0942 e. The SMILES string of the molecule is FS(F)(F)(F)(F)/C=C/C(Br)C1CCCCC1. The second-order valence-electron chi connectivity index (χ2n) is 4.20. The number of halogens is 6. The van der Waals surface area contributed by atoms with Crippen molar-refractivity contribution in [1.82, 2.24) is 0 Å².